The Kier molecular flexibility index (Phi) is 2.65. The number of nitrogens with one attached hydrogen (secondary N) is 1. The number of rotatable bonds is 2. The molecule has 0 amide bonds. The Morgan fingerprint density at radius 3 is 2.90 bits per heavy atom. The van der Waals surface area contributed by atoms with E-state index in [1.54, 1.807) is 18.2 Å². The van der Waals surface area contributed by atoms with Gasteiger partial charge in [-0.2, -0.15) is 4.74 Å². The lowest BCUT2D eigenvalue weighted by molar-refractivity contribution is 0.302. The molecule has 104 valence electrons. The number of hydrogen-bond donors (Lipinski definition) is 1. The first-order chi connectivity index (χ1) is 10.2. The highest BCUT2D eigenvalue weighted by Gasteiger charge is 2.12. The highest BCUT2D eigenvalue weighted by molar-refractivity contribution is 6.31. The lowest BCUT2D eigenvalue weighted by Crippen LogP contribution is -2.14. The number of fused-ring (bicyclic) bond motifs is 2. The van der Waals surface area contributed by atoms with Crippen LogP contribution in [0.2, 0.25) is 5.02 Å². The van der Waals surface area contributed by atoms with Gasteiger partial charge in [0.15, 0.2) is 5.58 Å². The number of nitrogens with zero attached hydrogens (tertiary/aromatic N) is 1. The fourth-order valence-electron chi connectivity index (χ4n) is 2.56. The number of hydrogen-bond acceptors (Lipinski definition) is 2. The van der Waals surface area contributed by atoms with Crippen molar-refractivity contribution in [2.24, 2.45) is 0 Å². The molecule has 0 fully saturated rings. The van der Waals surface area contributed by atoms with E-state index in [0.29, 0.717) is 22.5 Å². The summed E-state index contributed by atoms with van der Waals surface area (Å²) in [4.78, 5) is 15.5. The highest BCUT2D eigenvalue weighted by Crippen LogP contribution is 2.20. The molecule has 2 heterocycles. The molecule has 4 aromatic rings. The molecule has 0 bridgehead atoms. The Bertz CT molecular complexity index is 1010. The lowest BCUT2D eigenvalue weighted by Gasteiger charge is -1.98. The van der Waals surface area contributed by atoms with Gasteiger partial charge in [-0.25, -0.2) is 0 Å². The average molecular weight is 299 g/mol. The Labute approximate surface area is 124 Å². The third-order valence-electron chi connectivity index (χ3n) is 3.60. The van der Waals surface area contributed by atoms with Gasteiger partial charge in [-0.1, -0.05) is 29.8 Å². The molecular formula is C16H11ClN2O2. The first-order valence-corrected chi connectivity index (χ1v) is 6.94. The van der Waals surface area contributed by atoms with Crippen LogP contribution in [0.25, 0.3) is 21.9 Å². The summed E-state index contributed by atoms with van der Waals surface area (Å²) in [5, 5.41) is 2.12. The predicted octanol–water partition coefficient (Wildman–Crippen LogP) is 3.78. The van der Waals surface area contributed by atoms with Gasteiger partial charge in [0, 0.05) is 27.7 Å². The number of aromatic amines is 1. The zero-order valence-electron chi connectivity index (χ0n) is 11.0. The molecular weight excluding hydrogens is 288 g/mol. The molecule has 0 aliphatic carbocycles. The van der Waals surface area contributed by atoms with Crippen LogP contribution in [0.15, 0.2) is 58.0 Å². The van der Waals surface area contributed by atoms with Crippen molar-refractivity contribution >= 4 is 33.5 Å². The number of para-hydroxylation sites is 1. The molecule has 0 saturated carbocycles. The van der Waals surface area contributed by atoms with Crippen LogP contribution in [0.3, 0.4) is 0 Å². The van der Waals surface area contributed by atoms with Gasteiger partial charge in [0.05, 0.1) is 11.9 Å². The van der Waals surface area contributed by atoms with E-state index in [2.05, 4.69) is 4.98 Å². The first kappa shape index (κ1) is 12.3. The molecule has 0 saturated heterocycles. The Hall–Kier alpha value is -2.46. The van der Waals surface area contributed by atoms with Crippen molar-refractivity contribution in [2.75, 3.05) is 0 Å². The summed E-state index contributed by atoms with van der Waals surface area (Å²) in [7, 11) is 0. The van der Waals surface area contributed by atoms with E-state index >= 15 is 0 Å². The predicted molar refractivity (Wildman–Crippen MR) is 82.9 cm³/mol. The summed E-state index contributed by atoms with van der Waals surface area (Å²) in [6.07, 6.45) is 1.90. The Balaban J connectivity index is 1.84. The summed E-state index contributed by atoms with van der Waals surface area (Å²) in [6.45, 7) is 0.384. The minimum Gasteiger partial charge on any atom is -0.375 e. The summed E-state index contributed by atoms with van der Waals surface area (Å²) in [5.74, 6) is 0. The molecule has 2 aromatic carbocycles. The van der Waals surface area contributed by atoms with Crippen LogP contribution in [0.5, 0.6) is 0 Å². The second-order valence-corrected chi connectivity index (χ2v) is 5.37. The number of H-pyrrole nitrogens is 1. The van der Waals surface area contributed by atoms with Crippen molar-refractivity contribution in [3.05, 3.63) is 69.6 Å². The monoisotopic (exact) mass is 298 g/mol. The van der Waals surface area contributed by atoms with E-state index in [0.717, 1.165) is 16.5 Å². The maximum atomic E-state index is 12.3. The third kappa shape index (κ3) is 1.96. The van der Waals surface area contributed by atoms with Crippen LogP contribution in [0, 0.1) is 0 Å². The van der Waals surface area contributed by atoms with Gasteiger partial charge < -0.3 is 9.51 Å². The molecule has 4 rings (SSSR count). The van der Waals surface area contributed by atoms with E-state index < -0.39 is 0 Å². The van der Waals surface area contributed by atoms with Gasteiger partial charge in [0.25, 0.3) is 5.56 Å². The van der Waals surface area contributed by atoms with Crippen molar-refractivity contribution in [2.45, 2.75) is 6.54 Å². The molecule has 0 unspecified atom stereocenters. The molecule has 0 atom stereocenters. The van der Waals surface area contributed by atoms with Gasteiger partial charge in [-0.05, 0) is 24.3 Å². The maximum Gasteiger partial charge on any atom is 0.290 e. The van der Waals surface area contributed by atoms with Gasteiger partial charge >= 0.3 is 0 Å². The molecule has 0 aliphatic heterocycles. The SMILES string of the molecule is O=c1c2cc(Cl)ccc2on1Cc1c[nH]c2ccccc12. The molecule has 0 radical (unpaired) electrons. The quantitative estimate of drug-likeness (QED) is 0.612. The topological polar surface area (TPSA) is 50.9 Å². The van der Waals surface area contributed by atoms with Crippen LogP contribution in [-0.2, 0) is 6.54 Å². The summed E-state index contributed by atoms with van der Waals surface area (Å²) in [5.41, 5.74) is 2.43. The van der Waals surface area contributed by atoms with Gasteiger partial charge in [-0.3, -0.25) is 4.79 Å². The number of benzene rings is 2. The smallest absolute Gasteiger partial charge is 0.290 e. The van der Waals surface area contributed by atoms with E-state index in [4.69, 9.17) is 16.1 Å². The van der Waals surface area contributed by atoms with Crippen molar-refractivity contribution in [1.29, 1.82) is 0 Å². The van der Waals surface area contributed by atoms with Crippen LogP contribution in [0.4, 0.5) is 0 Å². The fraction of sp³-hybridized carbons (Fsp3) is 0.0625. The molecule has 1 N–H and O–H groups in total. The minimum atomic E-state index is -0.169. The standard InChI is InChI=1S/C16H11ClN2O2/c17-11-5-6-15-13(7-11)16(20)19(21-15)9-10-8-18-14-4-2-1-3-12(10)14/h1-8,18H,9H2. The Morgan fingerprint density at radius 1 is 1.14 bits per heavy atom. The third-order valence-corrected chi connectivity index (χ3v) is 3.83. The van der Waals surface area contributed by atoms with Crippen LogP contribution in [-0.4, -0.2) is 9.72 Å². The Morgan fingerprint density at radius 2 is 2.00 bits per heavy atom. The second kappa shape index (κ2) is 4.53. The normalized spacial score (nSPS) is 11.5. The summed E-state index contributed by atoms with van der Waals surface area (Å²) in [6, 6.07) is 13.0. The first-order valence-electron chi connectivity index (χ1n) is 6.57. The summed E-state index contributed by atoms with van der Waals surface area (Å²) < 4.78 is 6.97. The maximum absolute atomic E-state index is 12.3. The molecule has 4 nitrogen and oxygen atoms in total. The number of halogens is 1. The minimum absolute atomic E-state index is 0.169. The molecule has 21 heavy (non-hydrogen) atoms. The van der Waals surface area contributed by atoms with E-state index in [1.807, 2.05) is 30.5 Å². The van der Waals surface area contributed by atoms with Crippen LogP contribution >= 0.6 is 11.6 Å². The van der Waals surface area contributed by atoms with Crippen molar-refractivity contribution in [3.63, 3.8) is 0 Å². The molecule has 5 heteroatoms. The fourth-order valence-corrected chi connectivity index (χ4v) is 2.74. The van der Waals surface area contributed by atoms with Gasteiger partial charge in [-0.15, -0.1) is 0 Å². The van der Waals surface area contributed by atoms with E-state index in [-0.39, 0.29) is 5.56 Å². The second-order valence-electron chi connectivity index (χ2n) is 4.93. The van der Waals surface area contributed by atoms with E-state index in [1.165, 1.54) is 4.74 Å². The van der Waals surface area contributed by atoms with Gasteiger partial charge in [0.1, 0.15) is 0 Å². The largest absolute Gasteiger partial charge is 0.375 e. The van der Waals surface area contributed by atoms with Crippen molar-refractivity contribution in [3.8, 4) is 0 Å². The zero-order valence-corrected chi connectivity index (χ0v) is 11.7. The molecule has 0 spiro atoms. The lowest BCUT2D eigenvalue weighted by atomic mass is 10.2. The molecule has 2 aromatic heterocycles. The highest BCUT2D eigenvalue weighted by atomic mass is 35.5. The van der Waals surface area contributed by atoms with Gasteiger partial charge in [0.2, 0.25) is 0 Å². The average Bonchev–Trinajstić information content (AvgIpc) is 3.03. The van der Waals surface area contributed by atoms with Crippen LogP contribution in [0.1, 0.15) is 5.56 Å². The van der Waals surface area contributed by atoms with E-state index in [9.17, 15) is 4.79 Å². The van der Waals surface area contributed by atoms with Crippen LogP contribution < -0.4 is 5.56 Å². The zero-order chi connectivity index (χ0) is 14.4. The molecule has 0 aliphatic rings. The van der Waals surface area contributed by atoms with Crippen molar-refractivity contribution in [1.82, 2.24) is 9.72 Å². The number of aromatic nitrogens is 2. The van der Waals surface area contributed by atoms with Crippen molar-refractivity contribution < 1.29 is 4.52 Å². The summed E-state index contributed by atoms with van der Waals surface area (Å²) >= 11 is 5.93.